The second-order valence-electron chi connectivity index (χ2n) is 13.0. The molecule has 0 aromatic heterocycles. The topological polar surface area (TPSA) is 27.7 Å². The van der Waals surface area contributed by atoms with Crippen LogP contribution in [0.5, 0.6) is 5.75 Å². The average molecular weight is 541 g/mol. The van der Waals surface area contributed by atoms with Gasteiger partial charge in [-0.15, -0.1) is 0 Å². The quantitative estimate of drug-likeness (QED) is 0.334. The van der Waals surface area contributed by atoms with E-state index in [2.05, 4.69) is 26.0 Å². The van der Waals surface area contributed by atoms with Crippen LogP contribution in [0.3, 0.4) is 0 Å². The highest BCUT2D eigenvalue weighted by molar-refractivity contribution is 5.65. The zero-order chi connectivity index (χ0) is 27.4. The summed E-state index contributed by atoms with van der Waals surface area (Å²) in [7, 11) is 0. The molecule has 1 aliphatic heterocycles. The van der Waals surface area contributed by atoms with Crippen molar-refractivity contribution in [1.29, 1.82) is 0 Å². The van der Waals surface area contributed by atoms with Crippen molar-refractivity contribution in [3.8, 4) is 16.9 Å². The Bertz CT molecular complexity index is 1060. The summed E-state index contributed by atoms with van der Waals surface area (Å²) in [6.45, 7) is 8.11. The van der Waals surface area contributed by atoms with Crippen molar-refractivity contribution in [3.05, 3.63) is 53.6 Å². The lowest BCUT2D eigenvalue weighted by molar-refractivity contribution is -0.247. The van der Waals surface area contributed by atoms with Crippen LogP contribution in [0.25, 0.3) is 11.1 Å². The van der Waals surface area contributed by atoms with Crippen molar-refractivity contribution in [1.82, 2.24) is 0 Å². The molecule has 2 saturated carbocycles. The van der Waals surface area contributed by atoms with Crippen LogP contribution in [0.2, 0.25) is 0 Å². The molecule has 0 atom stereocenters. The van der Waals surface area contributed by atoms with Crippen LogP contribution < -0.4 is 4.74 Å². The van der Waals surface area contributed by atoms with Crippen LogP contribution in [0.4, 0.5) is 8.78 Å². The lowest BCUT2D eigenvalue weighted by Crippen LogP contribution is -2.42. The third kappa shape index (κ3) is 7.03. The lowest BCUT2D eigenvalue weighted by Gasteiger charge is -2.42. The summed E-state index contributed by atoms with van der Waals surface area (Å²) < 4.78 is 46.2. The molecule has 214 valence electrons. The molecule has 2 aliphatic carbocycles. The van der Waals surface area contributed by atoms with Crippen molar-refractivity contribution in [2.45, 2.75) is 91.3 Å². The maximum Gasteiger partial charge on any atom is 0.201 e. The van der Waals surface area contributed by atoms with Gasteiger partial charge in [0, 0.05) is 16.9 Å². The Labute approximate surface area is 233 Å². The van der Waals surface area contributed by atoms with Crippen molar-refractivity contribution in [2.75, 3.05) is 19.8 Å². The Morgan fingerprint density at radius 1 is 0.769 bits per heavy atom. The first-order valence-corrected chi connectivity index (χ1v) is 15.3. The van der Waals surface area contributed by atoms with Gasteiger partial charge in [0.25, 0.3) is 0 Å². The smallest absolute Gasteiger partial charge is 0.201 e. The highest BCUT2D eigenvalue weighted by atomic mass is 19.2. The first-order valence-electron chi connectivity index (χ1n) is 15.3. The minimum atomic E-state index is -0.918. The molecule has 2 aromatic rings. The number of hydrogen-bond donors (Lipinski definition) is 0. The minimum Gasteiger partial charge on any atom is -0.491 e. The molecule has 2 aromatic carbocycles. The zero-order valence-corrected chi connectivity index (χ0v) is 24.0. The third-order valence-electron chi connectivity index (χ3n) is 9.49. The predicted molar refractivity (Wildman–Crippen MR) is 152 cm³/mol. The van der Waals surface area contributed by atoms with Gasteiger partial charge in [-0.05, 0) is 99.3 Å². The van der Waals surface area contributed by atoms with Gasteiger partial charge in [-0.25, -0.2) is 4.39 Å². The normalized spacial score (nSPS) is 27.8. The fourth-order valence-corrected chi connectivity index (χ4v) is 7.06. The van der Waals surface area contributed by atoms with Crippen LogP contribution in [0.1, 0.15) is 84.1 Å². The number of benzene rings is 2. The van der Waals surface area contributed by atoms with E-state index in [-0.39, 0.29) is 23.0 Å². The van der Waals surface area contributed by atoms with Crippen molar-refractivity contribution < 1.29 is 23.0 Å². The van der Waals surface area contributed by atoms with E-state index in [0.29, 0.717) is 18.1 Å². The Kier molecular flexibility index (Phi) is 9.28. The largest absolute Gasteiger partial charge is 0.491 e. The molecule has 0 radical (unpaired) electrons. The molecule has 39 heavy (non-hydrogen) atoms. The second kappa shape index (κ2) is 12.7. The molecule has 5 heteroatoms. The van der Waals surface area contributed by atoms with E-state index >= 15 is 0 Å². The molecule has 0 N–H and O–H groups in total. The van der Waals surface area contributed by atoms with Crippen LogP contribution in [-0.4, -0.2) is 26.1 Å². The zero-order valence-electron chi connectivity index (χ0n) is 24.0. The van der Waals surface area contributed by atoms with Crippen LogP contribution >= 0.6 is 0 Å². The lowest BCUT2D eigenvalue weighted by atomic mass is 9.68. The number of halogens is 2. The van der Waals surface area contributed by atoms with Gasteiger partial charge in [0.1, 0.15) is 0 Å². The van der Waals surface area contributed by atoms with Crippen LogP contribution in [-0.2, 0) is 15.9 Å². The Balaban J connectivity index is 1.04. The molecule has 0 spiro atoms. The van der Waals surface area contributed by atoms with Crippen molar-refractivity contribution in [3.63, 3.8) is 0 Å². The van der Waals surface area contributed by atoms with E-state index in [1.807, 2.05) is 12.1 Å². The molecule has 3 aliphatic rings. The number of aryl methyl sites for hydroxylation is 1. The maximum atomic E-state index is 14.6. The molecule has 0 unspecified atom stereocenters. The van der Waals surface area contributed by atoms with Gasteiger partial charge in [0.05, 0.1) is 19.8 Å². The maximum absolute atomic E-state index is 14.6. The van der Waals surface area contributed by atoms with E-state index in [1.165, 1.54) is 69.4 Å². The molecular formula is C34H46F2O3. The van der Waals surface area contributed by atoms with Gasteiger partial charge in [-0.2, -0.15) is 4.39 Å². The summed E-state index contributed by atoms with van der Waals surface area (Å²) in [5.41, 5.74) is 2.38. The summed E-state index contributed by atoms with van der Waals surface area (Å²) in [4.78, 5) is 0. The molecule has 3 nitrogen and oxygen atoms in total. The number of hydrogen-bond acceptors (Lipinski definition) is 3. The highest BCUT2D eigenvalue weighted by Crippen LogP contribution is 2.44. The fourth-order valence-electron chi connectivity index (χ4n) is 7.06. The first-order chi connectivity index (χ1) is 18.8. The van der Waals surface area contributed by atoms with E-state index in [0.717, 1.165) is 37.4 Å². The molecule has 5 rings (SSSR count). The van der Waals surface area contributed by atoms with Crippen LogP contribution in [0, 0.1) is 40.7 Å². The standard InChI is InChI=1S/C34H46F2O3/c1-4-37-30-20-19-29(31(35)32(30)36)27-13-9-24(10-14-27)6-5-23-7-11-25(12-8-23)26-15-17-28(18-16-26)33-38-21-34(2,3)22-39-33/h9-10,13-14,19-20,23,25-26,28,33H,4-8,11-12,15-18,21-22H2,1-3H3. The summed E-state index contributed by atoms with van der Waals surface area (Å²) in [5, 5.41) is 0. The van der Waals surface area contributed by atoms with Crippen LogP contribution in [0.15, 0.2) is 36.4 Å². The average Bonchev–Trinajstić information content (AvgIpc) is 2.95. The van der Waals surface area contributed by atoms with E-state index in [1.54, 1.807) is 13.0 Å². The van der Waals surface area contributed by atoms with Gasteiger partial charge >= 0.3 is 0 Å². The molecule has 1 saturated heterocycles. The fraction of sp³-hybridized carbons (Fsp3) is 0.647. The minimum absolute atomic E-state index is 0.0184. The monoisotopic (exact) mass is 540 g/mol. The first kappa shape index (κ1) is 28.5. The Hall–Kier alpha value is -1.98. The van der Waals surface area contributed by atoms with Gasteiger partial charge in [-0.1, -0.05) is 51.0 Å². The second-order valence-corrected chi connectivity index (χ2v) is 13.0. The van der Waals surface area contributed by atoms with Gasteiger partial charge in [0.15, 0.2) is 17.9 Å². The summed E-state index contributed by atoms with van der Waals surface area (Å²) in [6, 6.07) is 11.0. The summed E-state index contributed by atoms with van der Waals surface area (Å²) in [6.07, 6.45) is 12.8. The number of ether oxygens (including phenoxy) is 3. The Morgan fingerprint density at radius 3 is 1.97 bits per heavy atom. The van der Waals surface area contributed by atoms with E-state index in [9.17, 15) is 8.78 Å². The Morgan fingerprint density at radius 2 is 1.36 bits per heavy atom. The third-order valence-corrected chi connectivity index (χ3v) is 9.49. The van der Waals surface area contributed by atoms with E-state index in [4.69, 9.17) is 14.2 Å². The predicted octanol–water partition coefficient (Wildman–Crippen LogP) is 8.98. The molecule has 0 amide bonds. The number of rotatable bonds is 8. The van der Waals surface area contributed by atoms with Crippen molar-refractivity contribution >= 4 is 0 Å². The summed E-state index contributed by atoms with van der Waals surface area (Å²) >= 11 is 0. The highest BCUT2D eigenvalue weighted by Gasteiger charge is 2.37. The SMILES string of the molecule is CCOc1ccc(-c2ccc(CCC3CCC(C4CCC(C5OCC(C)(C)CO5)CC4)CC3)cc2)c(F)c1F. The molecule has 1 heterocycles. The molecule has 3 fully saturated rings. The van der Waals surface area contributed by atoms with Gasteiger partial charge < -0.3 is 14.2 Å². The van der Waals surface area contributed by atoms with E-state index < -0.39 is 11.6 Å². The van der Waals surface area contributed by atoms with Crippen molar-refractivity contribution in [2.24, 2.45) is 29.1 Å². The summed E-state index contributed by atoms with van der Waals surface area (Å²) in [5.74, 6) is 1.33. The molecular weight excluding hydrogens is 494 g/mol. The van der Waals surface area contributed by atoms with Gasteiger partial charge in [-0.3, -0.25) is 0 Å². The molecule has 0 bridgehead atoms. The van der Waals surface area contributed by atoms with Gasteiger partial charge in [0.2, 0.25) is 5.82 Å².